The first-order chi connectivity index (χ1) is 8.15. The van der Waals surface area contributed by atoms with Crippen molar-refractivity contribution in [2.24, 2.45) is 0 Å². The van der Waals surface area contributed by atoms with Gasteiger partial charge < -0.3 is 4.74 Å². The Bertz CT molecular complexity index is 399. The topological polar surface area (TPSA) is 26.3 Å². The molecule has 1 fully saturated rings. The average Bonchev–Trinajstić information content (AvgIpc) is 2.33. The van der Waals surface area contributed by atoms with E-state index in [1.54, 1.807) is 0 Å². The van der Waals surface area contributed by atoms with Crippen LogP contribution in [0.4, 0.5) is 0 Å². The monoisotopic (exact) mass is 232 g/mol. The molecule has 1 saturated carbocycles. The van der Waals surface area contributed by atoms with E-state index in [9.17, 15) is 4.79 Å². The van der Waals surface area contributed by atoms with E-state index in [1.807, 2.05) is 0 Å². The lowest BCUT2D eigenvalue weighted by Gasteiger charge is -2.21. The molecule has 0 heterocycles. The number of ether oxygens (including phenoxy) is 1. The first kappa shape index (κ1) is 12.3. The van der Waals surface area contributed by atoms with Crippen molar-refractivity contribution in [1.82, 2.24) is 0 Å². The summed E-state index contributed by atoms with van der Waals surface area (Å²) in [4.78, 5) is 11.1. The van der Waals surface area contributed by atoms with Crippen LogP contribution in [-0.2, 0) is 16.1 Å². The van der Waals surface area contributed by atoms with Crippen molar-refractivity contribution in [3.63, 3.8) is 0 Å². The Hall–Kier alpha value is -1.15. The molecule has 0 aromatic heterocycles. The van der Waals surface area contributed by atoms with Crippen molar-refractivity contribution in [2.75, 3.05) is 0 Å². The van der Waals surface area contributed by atoms with Crippen molar-refractivity contribution >= 4 is 5.78 Å². The van der Waals surface area contributed by atoms with Gasteiger partial charge in [-0.2, -0.15) is 0 Å². The molecule has 0 unspecified atom stereocenters. The predicted octanol–water partition coefficient (Wildman–Crippen LogP) is 3.33. The Labute approximate surface area is 103 Å². The second kappa shape index (κ2) is 5.46. The van der Waals surface area contributed by atoms with E-state index >= 15 is 0 Å². The van der Waals surface area contributed by atoms with Crippen molar-refractivity contribution in [1.29, 1.82) is 0 Å². The van der Waals surface area contributed by atoms with Gasteiger partial charge in [0.05, 0.1) is 12.7 Å². The molecule has 1 aromatic carbocycles. The minimum absolute atomic E-state index is 0.273. The van der Waals surface area contributed by atoms with E-state index in [2.05, 4.69) is 32.0 Å². The van der Waals surface area contributed by atoms with Gasteiger partial charge in [-0.1, -0.05) is 18.2 Å². The van der Waals surface area contributed by atoms with Crippen LogP contribution in [0.2, 0.25) is 0 Å². The van der Waals surface area contributed by atoms with Gasteiger partial charge in [0.15, 0.2) is 0 Å². The van der Waals surface area contributed by atoms with Crippen molar-refractivity contribution in [2.45, 2.75) is 52.2 Å². The average molecular weight is 232 g/mol. The maximum Gasteiger partial charge on any atom is 0.133 e. The molecule has 0 N–H and O–H groups in total. The maximum atomic E-state index is 11.1. The minimum Gasteiger partial charge on any atom is -0.374 e. The summed E-state index contributed by atoms with van der Waals surface area (Å²) in [6.45, 7) is 4.91. The molecule has 2 nitrogen and oxygen atoms in total. The second-order valence-corrected chi connectivity index (χ2v) is 4.97. The SMILES string of the molecule is Cc1ccc(COC2CCC(=O)CC2)cc1C. The fourth-order valence-corrected chi connectivity index (χ4v) is 2.19. The van der Waals surface area contributed by atoms with Gasteiger partial charge in [0.2, 0.25) is 0 Å². The van der Waals surface area contributed by atoms with E-state index in [-0.39, 0.29) is 6.10 Å². The third-order valence-corrected chi connectivity index (χ3v) is 3.55. The van der Waals surface area contributed by atoms with Crippen LogP contribution in [0.5, 0.6) is 0 Å². The summed E-state index contributed by atoms with van der Waals surface area (Å²) in [5, 5.41) is 0. The molecule has 0 spiro atoms. The van der Waals surface area contributed by atoms with Gasteiger partial charge in [-0.3, -0.25) is 4.79 Å². The fraction of sp³-hybridized carbons (Fsp3) is 0.533. The van der Waals surface area contributed by atoms with Gasteiger partial charge >= 0.3 is 0 Å². The minimum atomic E-state index is 0.273. The maximum absolute atomic E-state index is 11.1. The summed E-state index contributed by atoms with van der Waals surface area (Å²) >= 11 is 0. The van der Waals surface area contributed by atoms with Crippen LogP contribution in [0.15, 0.2) is 18.2 Å². The Morgan fingerprint density at radius 2 is 1.88 bits per heavy atom. The van der Waals surface area contributed by atoms with Crippen LogP contribution >= 0.6 is 0 Å². The zero-order chi connectivity index (χ0) is 12.3. The Balaban J connectivity index is 1.85. The smallest absolute Gasteiger partial charge is 0.133 e. The summed E-state index contributed by atoms with van der Waals surface area (Å²) in [6.07, 6.45) is 3.44. The molecular weight excluding hydrogens is 212 g/mol. The first-order valence-corrected chi connectivity index (χ1v) is 6.34. The highest BCUT2D eigenvalue weighted by Gasteiger charge is 2.18. The van der Waals surface area contributed by atoms with Gasteiger partial charge in [-0.15, -0.1) is 0 Å². The van der Waals surface area contributed by atoms with Crippen LogP contribution in [0.3, 0.4) is 0 Å². The van der Waals surface area contributed by atoms with Crippen LogP contribution in [0, 0.1) is 13.8 Å². The van der Waals surface area contributed by atoms with E-state index in [1.165, 1.54) is 16.7 Å². The molecule has 17 heavy (non-hydrogen) atoms. The highest BCUT2D eigenvalue weighted by atomic mass is 16.5. The number of hydrogen-bond donors (Lipinski definition) is 0. The zero-order valence-electron chi connectivity index (χ0n) is 10.7. The molecule has 0 radical (unpaired) electrons. The lowest BCUT2D eigenvalue weighted by molar-refractivity contribution is -0.123. The number of Topliss-reactive ketones (excluding diaryl/α,β-unsaturated/α-hetero) is 1. The van der Waals surface area contributed by atoms with E-state index < -0.39 is 0 Å². The Kier molecular flexibility index (Phi) is 3.95. The van der Waals surface area contributed by atoms with Crippen molar-refractivity contribution in [3.05, 3.63) is 34.9 Å². The molecule has 0 bridgehead atoms. The number of carbonyl (C=O) groups is 1. The molecule has 92 valence electrons. The van der Waals surface area contributed by atoms with E-state index in [0.29, 0.717) is 25.2 Å². The molecule has 1 aliphatic rings. The third-order valence-electron chi connectivity index (χ3n) is 3.55. The summed E-state index contributed by atoms with van der Waals surface area (Å²) in [5.74, 6) is 0.385. The molecule has 0 atom stereocenters. The lowest BCUT2D eigenvalue weighted by Crippen LogP contribution is -2.21. The summed E-state index contributed by atoms with van der Waals surface area (Å²) in [5.41, 5.74) is 3.85. The normalized spacial score (nSPS) is 17.4. The summed E-state index contributed by atoms with van der Waals surface area (Å²) < 4.78 is 5.86. The number of benzene rings is 1. The highest BCUT2D eigenvalue weighted by Crippen LogP contribution is 2.20. The van der Waals surface area contributed by atoms with Gasteiger partial charge in [-0.25, -0.2) is 0 Å². The van der Waals surface area contributed by atoms with Crippen LogP contribution in [-0.4, -0.2) is 11.9 Å². The summed E-state index contributed by atoms with van der Waals surface area (Å²) in [7, 11) is 0. The van der Waals surface area contributed by atoms with E-state index in [0.717, 1.165) is 12.8 Å². The summed E-state index contributed by atoms with van der Waals surface area (Å²) in [6, 6.07) is 6.44. The second-order valence-electron chi connectivity index (χ2n) is 4.97. The van der Waals surface area contributed by atoms with Gasteiger partial charge in [0.1, 0.15) is 5.78 Å². The molecule has 2 heteroatoms. The number of hydrogen-bond acceptors (Lipinski definition) is 2. The molecule has 0 amide bonds. The number of rotatable bonds is 3. The number of aryl methyl sites for hydroxylation is 2. The first-order valence-electron chi connectivity index (χ1n) is 6.34. The molecule has 0 aliphatic heterocycles. The van der Waals surface area contributed by atoms with Crippen LogP contribution in [0.25, 0.3) is 0 Å². The van der Waals surface area contributed by atoms with Crippen molar-refractivity contribution < 1.29 is 9.53 Å². The highest BCUT2D eigenvalue weighted by molar-refractivity contribution is 5.79. The number of carbonyl (C=O) groups excluding carboxylic acids is 1. The molecule has 1 aromatic rings. The fourth-order valence-electron chi connectivity index (χ4n) is 2.19. The molecule has 1 aliphatic carbocycles. The zero-order valence-corrected chi connectivity index (χ0v) is 10.7. The van der Waals surface area contributed by atoms with Gasteiger partial charge in [0.25, 0.3) is 0 Å². The number of ketones is 1. The third kappa shape index (κ3) is 3.40. The van der Waals surface area contributed by atoms with Gasteiger partial charge in [0, 0.05) is 12.8 Å². The van der Waals surface area contributed by atoms with Crippen molar-refractivity contribution in [3.8, 4) is 0 Å². The van der Waals surface area contributed by atoms with Crippen LogP contribution < -0.4 is 0 Å². The molecular formula is C15H20O2. The largest absolute Gasteiger partial charge is 0.374 e. The quantitative estimate of drug-likeness (QED) is 0.799. The predicted molar refractivity (Wildman–Crippen MR) is 68.0 cm³/mol. The van der Waals surface area contributed by atoms with E-state index in [4.69, 9.17) is 4.74 Å². The Morgan fingerprint density at radius 3 is 2.53 bits per heavy atom. The van der Waals surface area contributed by atoms with Crippen LogP contribution in [0.1, 0.15) is 42.4 Å². The lowest BCUT2D eigenvalue weighted by atomic mass is 9.96. The molecule has 0 saturated heterocycles. The molecule has 2 rings (SSSR count). The Morgan fingerprint density at radius 1 is 1.18 bits per heavy atom. The van der Waals surface area contributed by atoms with Gasteiger partial charge in [-0.05, 0) is 43.4 Å². The standard InChI is InChI=1S/C15H20O2/c1-11-3-4-13(9-12(11)2)10-17-15-7-5-14(16)6-8-15/h3-4,9,15H,5-8,10H2,1-2H3.